The standard InChI is InChI=1S/C15H23NO/c17-15-9-7-14(8-10-15)6-2-5-13-16-11-3-1-4-12-16/h7-10,17H,1-6,11-13H2. The predicted molar refractivity (Wildman–Crippen MR) is 71.3 cm³/mol. The molecule has 94 valence electrons. The lowest BCUT2D eigenvalue weighted by molar-refractivity contribution is 0.225. The highest BCUT2D eigenvalue weighted by Gasteiger charge is 2.08. The number of unbranched alkanes of at least 4 members (excludes halogenated alkanes) is 1. The van der Waals surface area contributed by atoms with Crippen molar-refractivity contribution in [3.8, 4) is 5.75 Å². The van der Waals surface area contributed by atoms with Crippen molar-refractivity contribution < 1.29 is 5.11 Å². The van der Waals surface area contributed by atoms with E-state index < -0.39 is 0 Å². The van der Waals surface area contributed by atoms with Gasteiger partial charge in [0, 0.05) is 0 Å². The van der Waals surface area contributed by atoms with Gasteiger partial charge in [-0.25, -0.2) is 0 Å². The minimum atomic E-state index is 0.363. The molecule has 0 saturated carbocycles. The largest absolute Gasteiger partial charge is 0.508 e. The Labute approximate surface area is 104 Å². The highest BCUT2D eigenvalue weighted by molar-refractivity contribution is 5.25. The van der Waals surface area contributed by atoms with Crippen molar-refractivity contribution in [3.05, 3.63) is 29.8 Å². The molecule has 0 radical (unpaired) electrons. The molecule has 1 fully saturated rings. The summed E-state index contributed by atoms with van der Waals surface area (Å²) in [7, 11) is 0. The van der Waals surface area contributed by atoms with E-state index >= 15 is 0 Å². The Hall–Kier alpha value is -1.02. The first-order valence-electron chi connectivity index (χ1n) is 6.85. The highest BCUT2D eigenvalue weighted by Crippen LogP contribution is 2.13. The maximum atomic E-state index is 9.19. The predicted octanol–water partition coefficient (Wildman–Crippen LogP) is 3.20. The van der Waals surface area contributed by atoms with E-state index in [-0.39, 0.29) is 0 Å². The highest BCUT2D eigenvalue weighted by atomic mass is 16.3. The molecule has 1 N–H and O–H groups in total. The third-order valence-electron chi connectivity index (χ3n) is 3.57. The van der Waals surface area contributed by atoms with Crippen LogP contribution in [-0.2, 0) is 6.42 Å². The zero-order valence-electron chi connectivity index (χ0n) is 10.6. The Morgan fingerprint density at radius 3 is 2.35 bits per heavy atom. The minimum absolute atomic E-state index is 0.363. The van der Waals surface area contributed by atoms with Crippen LogP contribution in [0.4, 0.5) is 0 Å². The van der Waals surface area contributed by atoms with Gasteiger partial charge in [-0.1, -0.05) is 18.6 Å². The Morgan fingerprint density at radius 2 is 1.65 bits per heavy atom. The second-order valence-corrected chi connectivity index (χ2v) is 5.03. The van der Waals surface area contributed by atoms with Gasteiger partial charge in [-0.05, 0) is 69.4 Å². The second-order valence-electron chi connectivity index (χ2n) is 5.03. The maximum Gasteiger partial charge on any atom is 0.115 e. The number of likely N-dealkylation sites (tertiary alicyclic amines) is 1. The van der Waals surface area contributed by atoms with Crippen LogP contribution in [0.2, 0.25) is 0 Å². The van der Waals surface area contributed by atoms with Gasteiger partial charge in [0.05, 0.1) is 0 Å². The Morgan fingerprint density at radius 1 is 0.941 bits per heavy atom. The van der Waals surface area contributed by atoms with Gasteiger partial charge >= 0.3 is 0 Å². The summed E-state index contributed by atoms with van der Waals surface area (Å²) in [5.41, 5.74) is 1.33. The molecule has 1 heterocycles. The van der Waals surface area contributed by atoms with Crippen LogP contribution in [0.15, 0.2) is 24.3 Å². The summed E-state index contributed by atoms with van der Waals surface area (Å²) >= 11 is 0. The number of phenols is 1. The quantitative estimate of drug-likeness (QED) is 0.789. The number of benzene rings is 1. The summed E-state index contributed by atoms with van der Waals surface area (Å²) in [5, 5.41) is 9.19. The molecule has 0 spiro atoms. The van der Waals surface area contributed by atoms with Crippen LogP contribution < -0.4 is 0 Å². The topological polar surface area (TPSA) is 23.5 Å². The summed E-state index contributed by atoms with van der Waals surface area (Å²) < 4.78 is 0. The van der Waals surface area contributed by atoms with Crippen LogP contribution in [0.1, 0.15) is 37.7 Å². The van der Waals surface area contributed by atoms with Crippen LogP contribution >= 0.6 is 0 Å². The van der Waals surface area contributed by atoms with Gasteiger partial charge in [0.15, 0.2) is 0 Å². The van der Waals surface area contributed by atoms with Gasteiger partial charge in [-0.15, -0.1) is 0 Å². The molecule has 17 heavy (non-hydrogen) atoms. The number of nitrogens with zero attached hydrogens (tertiary/aromatic N) is 1. The number of aryl methyl sites for hydroxylation is 1. The molecular formula is C15H23NO. The Kier molecular flexibility index (Phi) is 4.87. The molecule has 1 aromatic rings. The SMILES string of the molecule is Oc1ccc(CCCCN2CCCCC2)cc1. The summed E-state index contributed by atoms with van der Waals surface area (Å²) in [6, 6.07) is 7.60. The zero-order valence-corrected chi connectivity index (χ0v) is 10.6. The van der Waals surface area contributed by atoms with Crippen molar-refractivity contribution >= 4 is 0 Å². The molecule has 2 heteroatoms. The van der Waals surface area contributed by atoms with E-state index in [0.29, 0.717) is 5.75 Å². The van der Waals surface area contributed by atoms with E-state index in [1.54, 1.807) is 12.1 Å². The smallest absolute Gasteiger partial charge is 0.115 e. The molecule has 0 unspecified atom stereocenters. The summed E-state index contributed by atoms with van der Waals surface area (Å²) in [6.45, 7) is 3.87. The van der Waals surface area contributed by atoms with Gasteiger partial charge in [-0.3, -0.25) is 0 Å². The van der Waals surface area contributed by atoms with Gasteiger partial charge in [0.25, 0.3) is 0 Å². The van der Waals surface area contributed by atoms with Gasteiger partial charge in [0.2, 0.25) is 0 Å². The molecule has 1 aromatic carbocycles. The van der Waals surface area contributed by atoms with Crippen LogP contribution in [0, 0.1) is 0 Å². The zero-order chi connectivity index (χ0) is 11.9. The average Bonchev–Trinajstić information content (AvgIpc) is 2.38. The number of aromatic hydroxyl groups is 1. The van der Waals surface area contributed by atoms with Crippen LogP contribution in [0.3, 0.4) is 0 Å². The number of phenolic OH excluding ortho intramolecular Hbond substituents is 1. The van der Waals surface area contributed by atoms with Crippen molar-refractivity contribution in [1.29, 1.82) is 0 Å². The minimum Gasteiger partial charge on any atom is -0.508 e. The fourth-order valence-electron chi connectivity index (χ4n) is 2.51. The first-order chi connectivity index (χ1) is 8.34. The van der Waals surface area contributed by atoms with Crippen molar-refractivity contribution in [3.63, 3.8) is 0 Å². The molecule has 1 aliphatic heterocycles. The van der Waals surface area contributed by atoms with E-state index in [0.717, 1.165) is 6.42 Å². The molecule has 2 nitrogen and oxygen atoms in total. The molecule has 1 aliphatic rings. The first-order valence-corrected chi connectivity index (χ1v) is 6.85. The molecule has 0 amide bonds. The number of hydrogen-bond donors (Lipinski definition) is 1. The van der Waals surface area contributed by atoms with E-state index in [4.69, 9.17) is 0 Å². The molecule has 0 atom stereocenters. The second kappa shape index (κ2) is 6.65. The maximum absolute atomic E-state index is 9.19. The lowest BCUT2D eigenvalue weighted by Gasteiger charge is -2.26. The molecule has 0 aliphatic carbocycles. The summed E-state index contributed by atoms with van der Waals surface area (Å²) in [5.74, 6) is 0.363. The van der Waals surface area contributed by atoms with E-state index in [9.17, 15) is 5.11 Å². The third kappa shape index (κ3) is 4.39. The molecule has 2 rings (SSSR count). The molecule has 0 bridgehead atoms. The van der Waals surface area contributed by atoms with Crippen LogP contribution in [0.5, 0.6) is 5.75 Å². The Bertz CT molecular complexity index is 314. The summed E-state index contributed by atoms with van der Waals surface area (Å²) in [4.78, 5) is 2.60. The van der Waals surface area contributed by atoms with E-state index in [2.05, 4.69) is 4.90 Å². The Balaban J connectivity index is 1.60. The third-order valence-corrected chi connectivity index (χ3v) is 3.57. The molecular weight excluding hydrogens is 210 g/mol. The van der Waals surface area contributed by atoms with E-state index in [1.165, 1.54) is 57.3 Å². The summed E-state index contributed by atoms with van der Waals surface area (Å²) in [6.07, 6.45) is 7.87. The van der Waals surface area contributed by atoms with Crippen molar-refractivity contribution in [2.24, 2.45) is 0 Å². The first kappa shape index (κ1) is 12.4. The number of hydrogen-bond acceptors (Lipinski definition) is 2. The normalized spacial score (nSPS) is 17.2. The van der Waals surface area contributed by atoms with Crippen molar-refractivity contribution in [2.45, 2.75) is 38.5 Å². The number of piperidine rings is 1. The average molecular weight is 233 g/mol. The number of rotatable bonds is 5. The van der Waals surface area contributed by atoms with Crippen LogP contribution in [0.25, 0.3) is 0 Å². The van der Waals surface area contributed by atoms with Gasteiger partial charge in [0.1, 0.15) is 5.75 Å². The fraction of sp³-hybridized carbons (Fsp3) is 0.600. The van der Waals surface area contributed by atoms with Crippen molar-refractivity contribution in [2.75, 3.05) is 19.6 Å². The lowest BCUT2D eigenvalue weighted by Crippen LogP contribution is -2.30. The van der Waals surface area contributed by atoms with Gasteiger partial charge in [-0.2, -0.15) is 0 Å². The van der Waals surface area contributed by atoms with Gasteiger partial charge < -0.3 is 10.0 Å². The van der Waals surface area contributed by atoms with Crippen molar-refractivity contribution in [1.82, 2.24) is 4.90 Å². The van der Waals surface area contributed by atoms with E-state index in [1.807, 2.05) is 12.1 Å². The molecule has 1 saturated heterocycles. The van der Waals surface area contributed by atoms with Crippen LogP contribution in [-0.4, -0.2) is 29.6 Å². The molecule has 0 aromatic heterocycles. The fourth-order valence-corrected chi connectivity index (χ4v) is 2.51. The lowest BCUT2D eigenvalue weighted by atomic mass is 10.1. The monoisotopic (exact) mass is 233 g/mol.